The lowest BCUT2D eigenvalue weighted by Gasteiger charge is -2.36. The fourth-order valence-electron chi connectivity index (χ4n) is 5.51. The SMILES string of the molecule is O=C(CCCCCCC(=O)NCc1cccc(-c2ccc([C@H]3O[C@@H](CSc4ncccn4)C[C@@H](c4ccc(CO)cc4)O3)cc2)c1)NO. The molecular formula is C37H42N4O6S. The molecule has 1 saturated heterocycles. The first kappa shape index (κ1) is 35.2. The zero-order valence-corrected chi connectivity index (χ0v) is 27.6. The van der Waals surface area contributed by atoms with Crippen molar-refractivity contribution in [2.45, 2.75) is 81.8 Å². The maximum atomic E-state index is 12.4. The number of rotatable bonds is 16. The number of carbonyl (C=O) groups excluding carboxylic acids is 2. The van der Waals surface area contributed by atoms with Crippen LogP contribution in [0.3, 0.4) is 0 Å². The van der Waals surface area contributed by atoms with Crippen molar-refractivity contribution < 1.29 is 29.4 Å². The lowest BCUT2D eigenvalue weighted by atomic mass is 9.99. The van der Waals surface area contributed by atoms with Crippen molar-refractivity contribution >= 4 is 23.6 Å². The molecule has 0 saturated carbocycles. The highest BCUT2D eigenvalue weighted by atomic mass is 32.2. The number of amides is 2. The molecule has 10 nitrogen and oxygen atoms in total. The summed E-state index contributed by atoms with van der Waals surface area (Å²) in [5, 5.41) is 21.7. The van der Waals surface area contributed by atoms with Crippen molar-refractivity contribution in [3.63, 3.8) is 0 Å². The molecule has 1 fully saturated rings. The number of aliphatic hydroxyl groups excluding tert-OH is 1. The van der Waals surface area contributed by atoms with Crippen LogP contribution in [0.4, 0.5) is 0 Å². The molecule has 1 aliphatic heterocycles. The number of hydrogen-bond acceptors (Lipinski definition) is 9. The highest BCUT2D eigenvalue weighted by Crippen LogP contribution is 2.39. The van der Waals surface area contributed by atoms with Gasteiger partial charge in [-0.25, -0.2) is 15.4 Å². The second-order valence-electron chi connectivity index (χ2n) is 11.7. The minimum Gasteiger partial charge on any atom is -0.392 e. The van der Waals surface area contributed by atoms with E-state index < -0.39 is 6.29 Å². The number of carbonyl (C=O) groups is 2. The Morgan fingerprint density at radius 1 is 0.792 bits per heavy atom. The number of nitrogens with one attached hydrogen (secondary N) is 2. The first-order valence-electron chi connectivity index (χ1n) is 16.3. The van der Waals surface area contributed by atoms with Crippen molar-refractivity contribution in [2.75, 3.05) is 5.75 Å². The van der Waals surface area contributed by atoms with Gasteiger partial charge in [0.2, 0.25) is 11.8 Å². The lowest BCUT2D eigenvalue weighted by Crippen LogP contribution is -2.31. The molecule has 11 heteroatoms. The molecule has 1 aliphatic rings. The number of hydrogen-bond donors (Lipinski definition) is 4. The Morgan fingerprint density at radius 3 is 2.21 bits per heavy atom. The number of ether oxygens (including phenoxy) is 2. The van der Waals surface area contributed by atoms with Gasteiger partial charge in [0, 0.05) is 49.5 Å². The van der Waals surface area contributed by atoms with Gasteiger partial charge in [-0.1, -0.05) is 91.3 Å². The normalized spacial score (nSPS) is 17.5. The molecule has 252 valence electrons. The van der Waals surface area contributed by atoms with E-state index in [1.54, 1.807) is 35.7 Å². The Hall–Kier alpha value is -4.13. The molecule has 1 aromatic heterocycles. The smallest absolute Gasteiger partial charge is 0.243 e. The summed E-state index contributed by atoms with van der Waals surface area (Å²) >= 11 is 1.56. The topological polar surface area (TPSA) is 143 Å². The zero-order chi connectivity index (χ0) is 33.6. The van der Waals surface area contributed by atoms with Gasteiger partial charge >= 0.3 is 0 Å². The van der Waals surface area contributed by atoms with Crippen LogP contribution in [0.5, 0.6) is 0 Å². The van der Waals surface area contributed by atoms with Gasteiger partial charge in [-0.2, -0.15) is 0 Å². The van der Waals surface area contributed by atoms with Gasteiger partial charge in [-0.3, -0.25) is 14.8 Å². The number of benzene rings is 3. The Morgan fingerprint density at radius 2 is 1.50 bits per heavy atom. The lowest BCUT2D eigenvalue weighted by molar-refractivity contribution is -0.245. The van der Waals surface area contributed by atoms with Crippen molar-refractivity contribution in [2.24, 2.45) is 0 Å². The van der Waals surface area contributed by atoms with E-state index in [0.29, 0.717) is 36.7 Å². The summed E-state index contributed by atoms with van der Waals surface area (Å²) in [7, 11) is 0. The van der Waals surface area contributed by atoms with Gasteiger partial charge in [0.25, 0.3) is 0 Å². The van der Waals surface area contributed by atoms with Crippen LogP contribution in [-0.4, -0.2) is 44.0 Å². The second-order valence-corrected chi connectivity index (χ2v) is 12.7. The molecule has 2 amide bonds. The predicted molar refractivity (Wildman–Crippen MR) is 183 cm³/mol. The summed E-state index contributed by atoms with van der Waals surface area (Å²) in [4.78, 5) is 32.1. The molecule has 2 heterocycles. The van der Waals surface area contributed by atoms with E-state index >= 15 is 0 Å². The van der Waals surface area contributed by atoms with Crippen LogP contribution in [0.15, 0.2) is 96.4 Å². The number of aliphatic hydroxyl groups is 1. The molecule has 48 heavy (non-hydrogen) atoms. The second kappa shape index (κ2) is 18.4. The van der Waals surface area contributed by atoms with E-state index in [1.807, 2.05) is 48.5 Å². The molecular weight excluding hydrogens is 628 g/mol. The van der Waals surface area contributed by atoms with E-state index in [-0.39, 0.29) is 37.0 Å². The third kappa shape index (κ3) is 10.7. The van der Waals surface area contributed by atoms with Gasteiger partial charge < -0.3 is 19.9 Å². The first-order chi connectivity index (χ1) is 23.5. The van der Waals surface area contributed by atoms with Crippen molar-refractivity contribution in [3.05, 3.63) is 114 Å². The van der Waals surface area contributed by atoms with E-state index in [0.717, 1.165) is 52.6 Å². The highest BCUT2D eigenvalue weighted by Gasteiger charge is 2.32. The monoisotopic (exact) mass is 670 g/mol. The predicted octanol–water partition coefficient (Wildman–Crippen LogP) is 6.44. The van der Waals surface area contributed by atoms with Crippen LogP contribution in [0, 0.1) is 0 Å². The first-order valence-corrected chi connectivity index (χ1v) is 17.3. The van der Waals surface area contributed by atoms with Gasteiger partial charge in [0.15, 0.2) is 11.4 Å². The molecule has 4 aromatic rings. The Labute approximate surface area is 285 Å². The molecule has 3 aromatic carbocycles. The Bertz CT molecular complexity index is 1590. The fraction of sp³-hybridized carbons (Fsp3) is 0.351. The summed E-state index contributed by atoms with van der Waals surface area (Å²) in [6.07, 6.45) is 7.19. The number of hydroxylamine groups is 1. The molecule has 0 bridgehead atoms. The molecule has 0 aliphatic carbocycles. The molecule has 4 N–H and O–H groups in total. The van der Waals surface area contributed by atoms with Crippen LogP contribution in [-0.2, 0) is 32.2 Å². The minimum atomic E-state index is -0.556. The number of unbranched alkanes of at least 4 members (excludes halogenated alkanes) is 3. The molecule has 0 unspecified atom stereocenters. The third-order valence-corrected chi connectivity index (χ3v) is 9.18. The van der Waals surface area contributed by atoms with Crippen LogP contribution in [0.25, 0.3) is 11.1 Å². The van der Waals surface area contributed by atoms with Crippen molar-refractivity contribution in [1.82, 2.24) is 20.8 Å². The maximum absolute atomic E-state index is 12.4. The summed E-state index contributed by atoms with van der Waals surface area (Å²) < 4.78 is 13.0. The number of nitrogens with zero attached hydrogens (tertiary/aromatic N) is 2. The third-order valence-electron chi connectivity index (χ3n) is 8.17. The fourth-order valence-corrected chi connectivity index (χ4v) is 6.33. The molecule has 0 spiro atoms. The van der Waals surface area contributed by atoms with E-state index in [9.17, 15) is 14.7 Å². The van der Waals surface area contributed by atoms with Gasteiger partial charge in [0.05, 0.1) is 18.8 Å². The summed E-state index contributed by atoms with van der Waals surface area (Å²) in [6, 6.07) is 26.0. The average molecular weight is 671 g/mol. The summed E-state index contributed by atoms with van der Waals surface area (Å²) in [5.74, 6) is 0.302. The number of aromatic nitrogens is 2. The minimum absolute atomic E-state index is 0.000909. The van der Waals surface area contributed by atoms with Crippen LogP contribution in [0.1, 0.15) is 79.6 Å². The highest BCUT2D eigenvalue weighted by molar-refractivity contribution is 7.99. The average Bonchev–Trinajstić information content (AvgIpc) is 3.15. The van der Waals surface area contributed by atoms with E-state index in [1.165, 1.54) is 0 Å². The zero-order valence-electron chi connectivity index (χ0n) is 26.8. The summed E-state index contributed by atoms with van der Waals surface area (Å²) in [5.41, 5.74) is 7.55. The Kier molecular flexibility index (Phi) is 13.5. The molecule has 0 radical (unpaired) electrons. The van der Waals surface area contributed by atoms with Crippen LogP contribution in [0.2, 0.25) is 0 Å². The largest absolute Gasteiger partial charge is 0.392 e. The maximum Gasteiger partial charge on any atom is 0.243 e. The molecule has 3 atom stereocenters. The summed E-state index contributed by atoms with van der Waals surface area (Å²) in [6.45, 7) is 0.439. The van der Waals surface area contributed by atoms with Gasteiger partial charge in [0.1, 0.15) is 0 Å². The van der Waals surface area contributed by atoms with Gasteiger partial charge in [-0.15, -0.1) is 0 Å². The standard InChI is InChI=1S/C37H42N4O6S/c42-24-26-11-13-29(14-12-26)33-22-32(25-48-37-38-19-6-20-39-37)46-36(47-33)30-17-15-28(16-18-30)31-8-5-7-27(21-31)23-40-34(43)9-3-1-2-4-10-35(44)41-45/h5-8,11-21,32-33,36,42,45H,1-4,9-10,22-25H2,(H,40,43)(H,41,44)/t32-,33+,36+/m1/s1. The van der Waals surface area contributed by atoms with Crippen LogP contribution < -0.4 is 10.8 Å². The van der Waals surface area contributed by atoms with E-state index in [2.05, 4.69) is 39.6 Å². The van der Waals surface area contributed by atoms with Crippen molar-refractivity contribution in [3.8, 4) is 11.1 Å². The molecule has 5 rings (SSSR count). The van der Waals surface area contributed by atoms with E-state index in [4.69, 9.17) is 14.7 Å². The Balaban J connectivity index is 1.18. The quantitative estimate of drug-likeness (QED) is 0.0348. The number of thioether (sulfide) groups is 1. The van der Waals surface area contributed by atoms with Crippen molar-refractivity contribution in [1.29, 1.82) is 0 Å². The van der Waals surface area contributed by atoms with Gasteiger partial charge in [-0.05, 0) is 52.8 Å². The van der Waals surface area contributed by atoms with Crippen LogP contribution >= 0.6 is 11.8 Å².